The highest BCUT2D eigenvalue weighted by Crippen LogP contribution is 2.33. The summed E-state index contributed by atoms with van der Waals surface area (Å²) in [6.45, 7) is -1.02. The molecule has 1 aromatic carbocycles. The molecule has 3 heterocycles. The molecular formula is C20H17F2N5O2S. The van der Waals surface area contributed by atoms with Crippen LogP contribution >= 0.6 is 11.3 Å². The van der Waals surface area contributed by atoms with Crippen molar-refractivity contribution in [3.05, 3.63) is 60.5 Å². The van der Waals surface area contributed by atoms with Crippen molar-refractivity contribution >= 4 is 22.4 Å². The normalized spacial score (nSPS) is 11.2. The van der Waals surface area contributed by atoms with E-state index in [1.807, 2.05) is 30.3 Å². The van der Waals surface area contributed by atoms with Gasteiger partial charge in [-0.15, -0.1) is 0 Å². The Morgan fingerprint density at radius 2 is 2.07 bits per heavy atom. The number of nitrogens with zero attached hydrogens (tertiary/aromatic N) is 4. The second-order valence-corrected chi connectivity index (χ2v) is 7.40. The Kier molecular flexibility index (Phi) is 5.66. The Bertz CT molecular complexity index is 1150. The molecule has 0 aliphatic heterocycles. The van der Waals surface area contributed by atoms with E-state index < -0.39 is 6.55 Å². The molecule has 1 amide bonds. The van der Waals surface area contributed by atoms with Crippen LogP contribution < -0.4 is 5.32 Å². The van der Waals surface area contributed by atoms with Gasteiger partial charge in [0.15, 0.2) is 22.6 Å². The zero-order valence-electron chi connectivity index (χ0n) is 15.9. The number of hydrogen-bond acceptors (Lipinski definition) is 6. The number of halogens is 2. The van der Waals surface area contributed by atoms with Crippen LogP contribution in [0, 0.1) is 6.92 Å². The summed E-state index contributed by atoms with van der Waals surface area (Å²) >= 11 is 1.10. The Hall–Kier alpha value is -3.40. The van der Waals surface area contributed by atoms with E-state index in [0.717, 1.165) is 21.5 Å². The van der Waals surface area contributed by atoms with E-state index in [1.165, 1.54) is 12.4 Å². The van der Waals surface area contributed by atoms with Gasteiger partial charge < -0.3 is 9.73 Å². The summed E-state index contributed by atoms with van der Waals surface area (Å²) in [5, 5.41) is 3.02. The molecule has 0 spiro atoms. The number of anilines is 1. The molecule has 4 aromatic rings. The summed E-state index contributed by atoms with van der Waals surface area (Å²) in [4.78, 5) is 25.2. The number of rotatable bonds is 7. The van der Waals surface area contributed by atoms with Crippen molar-refractivity contribution < 1.29 is 18.0 Å². The molecule has 3 aromatic heterocycles. The minimum Gasteiger partial charge on any atom is -0.441 e. The molecule has 4 rings (SSSR count). The number of thiazole rings is 1. The number of carbonyl (C=O) groups is 1. The largest absolute Gasteiger partial charge is 0.441 e. The van der Waals surface area contributed by atoms with Crippen LogP contribution in [0.15, 0.2) is 53.3 Å². The lowest BCUT2D eigenvalue weighted by Gasteiger charge is -2.04. The lowest BCUT2D eigenvalue weighted by Crippen LogP contribution is -2.12. The van der Waals surface area contributed by atoms with Gasteiger partial charge in [0, 0.05) is 30.8 Å². The fraction of sp³-hybridized carbons (Fsp3) is 0.200. The van der Waals surface area contributed by atoms with Crippen molar-refractivity contribution in [1.29, 1.82) is 0 Å². The molecular weight excluding hydrogens is 412 g/mol. The number of benzene rings is 1. The van der Waals surface area contributed by atoms with E-state index in [-0.39, 0.29) is 18.2 Å². The van der Waals surface area contributed by atoms with Gasteiger partial charge in [0.25, 0.3) is 0 Å². The van der Waals surface area contributed by atoms with Crippen LogP contribution in [-0.2, 0) is 11.2 Å². The Labute approximate surface area is 174 Å². The lowest BCUT2D eigenvalue weighted by molar-refractivity contribution is -0.116. The predicted octanol–water partition coefficient (Wildman–Crippen LogP) is 4.94. The fourth-order valence-electron chi connectivity index (χ4n) is 2.87. The molecule has 0 saturated carbocycles. The summed E-state index contributed by atoms with van der Waals surface area (Å²) in [6, 6.07) is 9.56. The summed E-state index contributed by atoms with van der Waals surface area (Å²) < 4.78 is 32.6. The highest BCUT2D eigenvalue weighted by atomic mass is 32.1. The first kappa shape index (κ1) is 19.9. The predicted molar refractivity (Wildman–Crippen MR) is 108 cm³/mol. The molecule has 154 valence electrons. The smallest absolute Gasteiger partial charge is 0.320 e. The summed E-state index contributed by atoms with van der Waals surface area (Å²) in [5.74, 6) is 0.945. The van der Waals surface area contributed by atoms with E-state index in [0.29, 0.717) is 33.8 Å². The van der Waals surface area contributed by atoms with Gasteiger partial charge in [0.1, 0.15) is 0 Å². The number of oxazole rings is 1. The fourth-order valence-corrected chi connectivity index (χ4v) is 3.85. The number of nitrogens with one attached hydrogen (secondary N) is 1. The van der Waals surface area contributed by atoms with Gasteiger partial charge in [-0.25, -0.2) is 15.0 Å². The molecule has 7 nitrogen and oxygen atoms in total. The van der Waals surface area contributed by atoms with E-state index in [4.69, 9.17) is 4.42 Å². The number of imidazole rings is 1. The van der Waals surface area contributed by atoms with E-state index in [2.05, 4.69) is 20.3 Å². The van der Waals surface area contributed by atoms with Gasteiger partial charge in [-0.05, 0) is 6.92 Å². The first-order valence-electron chi connectivity index (χ1n) is 9.10. The molecule has 0 radical (unpaired) electrons. The van der Waals surface area contributed by atoms with Gasteiger partial charge in [-0.2, -0.15) is 8.78 Å². The first-order valence-corrected chi connectivity index (χ1v) is 9.91. The van der Waals surface area contributed by atoms with Crippen LogP contribution in [0.5, 0.6) is 0 Å². The highest BCUT2D eigenvalue weighted by molar-refractivity contribution is 7.19. The van der Waals surface area contributed by atoms with Gasteiger partial charge in [-0.1, -0.05) is 41.7 Å². The van der Waals surface area contributed by atoms with Gasteiger partial charge >= 0.3 is 6.55 Å². The molecule has 10 heteroatoms. The molecule has 0 aliphatic carbocycles. The Morgan fingerprint density at radius 1 is 1.27 bits per heavy atom. The molecule has 0 unspecified atom stereocenters. The number of alkyl halides is 2. The number of aryl methyl sites for hydroxylation is 2. The second-order valence-electron chi connectivity index (χ2n) is 6.40. The van der Waals surface area contributed by atoms with Crippen LogP contribution in [0.2, 0.25) is 0 Å². The van der Waals surface area contributed by atoms with Crippen LogP contribution in [0.4, 0.5) is 13.9 Å². The zero-order valence-corrected chi connectivity index (χ0v) is 16.7. The molecule has 0 aliphatic rings. The Morgan fingerprint density at radius 3 is 2.83 bits per heavy atom. The van der Waals surface area contributed by atoms with Crippen molar-refractivity contribution in [1.82, 2.24) is 19.5 Å². The van der Waals surface area contributed by atoms with Crippen molar-refractivity contribution in [3.63, 3.8) is 0 Å². The number of amides is 1. The van der Waals surface area contributed by atoms with Crippen molar-refractivity contribution in [2.45, 2.75) is 26.3 Å². The number of aromatic nitrogens is 4. The average molecular weight is 429 g/mol. The van der Waals surface area contributed by atoms with Crippen molar-refractivity contribution in [2.75, 3.05) is 5.32 Å². The van der Waals surface area contributed by atoms with E-state index in [9.17, 15) is 13.6 Å². The monoisotopic (exact) mass is 429 g/mol. The minimum absolute atomic E-state index is 0.119. The van der Waals surface area contributed by atoms with Crippen molar-refractivity contribution in [3.8, 4) is 22.0 Å². The topological polar surface area (TPSA) is 85.8 Å². The average Bonchev–Trinajstić information content (AvgIpc) is 3.46. The summed E-state index contributed by atoms with van der Waals surface area (Å²) in [7, 11) is 0. The van der Waals surface area contributed by atoms with Gasteiger partial charge in [0.2, 0.25) is 5.91 Å². The van der Waals surface area contributed by atoms with Gasteiger partial charge in [0.05, 0.1) is 16.8 Å². The maximum absolute atomic E-state index is 13.1. The summed E-state index contributed by atoms with van der Waals surface area (Å²) in [5.41, 5.74) is 1.43. The highest BCUT2D eigenvalue weighted by Gasteiger charge is 2.19. The van der Waals surface area contributed by atoms with Gasteiger partial charge in [-0.3, -0.25) is 9.36 Å². The molecule has 1 N–H and O–H groups in total. The molecule has 0 fully saturated rings. The third kappa shape index (κ3) is 4.28. The van der Waals surface area contributed by atoms with Crippen LogP contribution in [0.1, 0.15) is 24.6 Å². The minimum atomic E-state index is -2.70. The molecule has 0 saturated heterocycles. The van der Waals surface area contributed by atoms with Crippen LogP contribution in [-0.4, -0.2) is 25.4 Å². The van der Waals surface area contributed by atoms with E-state index >= 15 is 0 Å². The second kappa shape index (κ2) is 8.54. The van der Waals surface area contributed by atoms with Crippen LogP contribution in [0.3, 0.4) is 0 Å². The quantitative estimate of drug-likeness (QED) is 0.450. The Balaban J connectivity index is 1.38. The molecule has 0 bridgehead atoms. The lowest BCUT2D eigenvalue weighted by atomic mass is 10.2. The molecule has 30 heavy (non-hydrogen) atoms. The number of carbonyl (C=O) groups excluding carboxylic acids is 1. The third-order valence-electron chi connectivity index (χ3n) is 4.30. The standard InChI is InChI=1S/C20H17F2N5O2S/c1-12-17(18-23-9-10-27(18)19(21)22)30-20(25-12)26-15(28)7-8-16-24-11-14(29-16)13-5-3-2-4-6-13/h2-6,9-11,19H,7-8H2,1H3,(H,25,26,28). The zero-order chi connectivity index (χ0) is 21.1. The van der Waals surface area contributed by atoms with E-state index in [1.54, 1.807) is 13.1 Å². The maximum Gasteiger partial charge on any atom is 0.320 e. The molecule has 0 atom stereocenters. The maximum atomic E-state index is 13.1. The third-order valence-corrected chi connectivity index (χ3v) is 5.37. The SMILES string of the molecule is Cc1nc(NC(=O)CCc2ncc(-c3ccccc3)o2)sc1-c1nccn1C(F)F. The van der Waals surface area contributed by atoms with Crippen molar-refractivity contribution in [2.24, 2.45) is 0 Å². The van der Waals surface area contributed by atoms with Crippen LogP contribution in [0.25, 0.3) is 22.0 Å². The number of hydrogen-bond donors (Lipinski definition) is 1. The summed E-state index contributed by atoms with van der Waals surface area (Å²) in [6.07, 6.45) is 4.61. The first-order chi connectivity index (χ1) is 14.5.